The van der Waals surface area contributed by atoms with Crippen LogP contribution in [0.2, 0.25) is 0 Å². The zero-order valence-electron chi connectivity index (χ0n) is 9.51. The summed E-state index contributed by atoms with van der Waals surface area (Å²) in [4.78, 5) is 11.6. The maximum Gasteiger partial charge on any atom is 0.264 e. The monoisotopic (exact) mass is 375 g/mol. The topological polar surface area (TPSA) is 64.1 Å². The van der Waals surface area contributed by atoms with Gasteiger partial charge >= 0.3 is 0 Å². The van der Waals surface area contributed by atoms with Crippen LogP contribution in [0, 0.1) is 10.5 Å². The second kappa shape index (κ2) is 6.10. The number of carbonyl (C=O) groups excluding carboxylic acids is 1. The van der Waals surface area contributed by atoms with Crippen LogP contribution in [0.1, 0.15) is 5.01 Å². The zero-order chi connectivity index (χ0) is 13.0. The van der Waals surface area contributed by atoms with Crippen molar-refractivity contribution in [1.29, 1.82) is 0 Å². The molecular weight excluding hydrogens is 365 g/mol. The van der Waals surface area contributed by atoms with Crippen LogP contribution in [0.5, 0.6) is 5.75 Å². The summed E-state index contributed by atoms with van der Waals surface area (Å²) in [6.07, 6.45) is 0. The number of halogens is 1. The molecule has 0 aliphatic carbocycles. The summed E-state index contributed by atoms with van der Waals surface area (Å²) in [6, 6.07) is 7.48. The van der Waals surface area contributed by atoms with E-state index in [2.05, 4.69) is 38.1 Å². The molecule has 1 N–H and O–H groups in total. The van der Waals surface area contributed by atoms with Crippen LogP contribution in [-0.2, 0) is 4.79 Å². The molecule has 2 rings (SSSR count). The highest BCUT2D eigenvalue weighted by Gasteiger charge is 2.07. The summed E-state index contributed by atoms with van der Waals surface area (Å²) >= 11 is 3.54. The summed E-state index contributed by atoms with van der Waals surface area (Å²) in [6.45, 7) is 1.79. The number of aromatic nitrogens is 2. The lowest BCUT2D eigenvalue weighted by Crippen LogP contribution is -2.20. The summed E-state index contributed by atoms with van der Waals surface area (Å²) in [5, 5.41) is 11.5. The average molecular weight is 375 g/mol. The highest BCUT2D eigenvalue weighted by atomic mass is 127. The molecule has 1 aromatic heterocycles. The number of hydrogen-bond acceptors (Lipinski definition) is 5. The summed E-state index contributed by atoms with van der Waals surface area (Å²) in [5.41, 5.74) is 0. The quantitative estimate of drug-likeness (QED) is 0.834. The Labute approximate surface area is 122 Å². The number of aryl methyl sites for hydroxylation is 1. The SMILES string of the molecule is Cc1nnc(NC(=O)COc2ccc(I)cc2)s1. The molecule has 0 fully saturated rings. The molecule has 0 saturated heterocycles. The van der Waals surface area contributed by atoms with Crippen LogP contribution in [0.15, 0.2) is 24.3 Å². The molecule has 0 saturated carbocycles. The lowest BCUT2D eigenvalue weighted by atomic mass is 10.3. The Morgan fingerprint density at radius 3 is 2.72 bits per heavy atom. The number of carbonyl (C=O) groups is 1. The van der Waals surface area contributed by atoms with Gasteiger partial charge in [-0.3, -0.25) is 10.1 Å². The van der Waals surface area contributed by atoms with Crippen molar-refractivity contribution in [3.05, 3.63) is 32.8 Å². The van der Waals surface area contributed by atoms with Crippen molar-refractivity contribution < 1.29 is 9.53 Å². The maximum absolute atomic E-state index is 11.6. The van der Waals surface area contributed by atoms with Gasteiger partial charge in [0.25, 0.3) is 5.91 Å². The van der Waals surface area contributed by atoms with Gasteiger partial charge in [0.15, 0.2) is 6.61 Å². The van der Waals surface area contributed by atoms with E-state index in [1.54, 1.807) is 0 Å². The van der Waals surface area contributed by atoms with E-state index in [9.17, 15) is 4.79 Å². The second-order valence-electron chi connectivity index (χ2n) is 3.42. The number of amides is 1. The van der Waals surface area contributed by atoms with Crippen LogP contribution in [-0.4, -0.2) is 22.7 Å². The average Bonchev–Trinajstić information content (AvgIpc) is 2.74. The van der Waals surface area contributed by atoms with Crippen molar-refractivity contribution in [3.8, 4) is 5.75 Å². The van der Waals surface area contributed by atoms with Crippen LogP contribution in [0.4, 0.5) is 5.13 Å². The summed E-state index contributed by atoms with van der Waals surface area (Å²) in [7, 11) is 0. The number of hydrogen-bond donors (Lipinski definition) is 1. The highest BCUT2D eigenvalue weighted by Crippen LogP contribution is 2.15. The van der Waals surface area contributed by atoms with Gasteiger partial charge in [-0.05, 0) is 53.8 Å². The molecule has 18 heavy (non-hydrogen) atoms. The molecule has 2 aromatic rings. The van der Waals surface area contributed by atoms with E-state index in [0.29, 0.717) is 10.9 Å². The van der Waals surface area contributed by atoms with Gasteiger partial charge in [-0.25, -0.2) is 0 Å². The van der Waals surface area contributed by atoms with Gasteiger partial charge in [-0.15, -0.1) is 10.2 Å². The third-order valence-corrected chi connectivity index (χ3v) is 3.43. The van der Waals surface area contributed by atoms with Gasteiger partial charge in [0.05, 0.1) is 0 Å². The molecule has 0 aliphatic heterocycles. The van der Waals surface area contributed by atoms with Gasteiger partial charge in [0.2, 0.25) is 5.13 Å². The van der Waals surface area contributed by atoms with Crippen molar-refractivity contribution in [3.63, 3.8) is 0 Å². The van der Waals surface area contributed by atoms with E-state index in [4.69, 9.17) is 4.74 Å². The highest BCUT2D eigenvalue weighted by molar-refractivity contribution is 14.1. The molecule has 0 aliphatic rings. The van der Waals surface area contributed by atoms with Gasteiger partial charge < -0.3 is 4.74 Å². The predicted octanol–water partition coefficient (Wildman–Crippen LogP) is 2.47. The molecule has 1 amide bonds. The molecule has 0 spiro atoms. The number of ether oxygens (including phenoxy) is 1. The summed E-state index contributed by atoms with van der Waals surface area (Å²) < 4.78 is 6.46. The molecular formula is C11H10IN3O2S. The number of nitrogens with one attached hydrogen (secondary N) is 1. The minimum atomic E-state index is -0.246. The Balaban J connectivity index is 1.83. The minimum absolute atomic E-state index is 0.0424. The van der Waals surface area contributed by atoms with E-state index in [0.717, 1.165) is 8.58 Å². The maximum atomic E-state index is 11.6. The van der Waals surface area contributed by atoms with Crippen molar-refractivity contribution in [2.24, 2.45) is 0 Å². The number of anilines is 1. The molecule has 1 aromatic carbocycles. The van der Waals surface area contributed by atoms with E-state index < -0.39 is 0 Å². The van der Waals surface area contributed by atoms with Crippen LogP contribution in [0.3, 0.4) is 0 Å². The van der Waals surface area contributed by atoms with E-state index >= 15 is 0 Å². The van der Waals surface area contributed by atoms with Gasteiger partial charge in [0.1, 0.15) is 10.8 Å². The molecule has 0 radical (unpaired) electrons. The minimum Gasteiger partial charge on any atom is -0.484 e. The number of nitrogens with zero attached hydrogens (tertiary/aromatic N) is 2. The first-order valence-electron chi connectivity index (χ1n) is 5.12. The normalized spacial score (nSPS) is 10.1. The molecule has 0 atom stereocenters. The fourth-order valence-corrected chi connectivity index (χ4v) is 2.15. The third-order valence-electron chi connectivity index (χ3n) is 1.96. The number of benzene rings is 1. The van der Waals surface area contributed by atoms with E-state index in [1.807, 2.05) is 31.2 Å². The van der Waals surface area contributed by atoms with Crippen LogP contribution >= 0.6 is 33.9 Å². The van der Waals surface area contributed by atoms with Crippen molar-refractivity contribution in [2.75, 3.05) is 11.9 Å². The Bertz CT molecular complexity index is 541. The van der Waals surface area contributed by atoms with Crippen molar-refractivity contribution in [1.82, 2.24) is 10.2 Å². The van der Waals surface area contributed by atoms with Crippen LogP contribution in [0.25, 0.3) is 0 Å². The van der Waals surface area contributed by atoms with Gasteiger partial charge in [0, 0.05) is 3.57 Å². The first kappa shape index (κ1) is 13.2. The van der Waals surface area contributed by atoms with Gasteiger partial charge in [-0.1, -0.05) is 11.3 Å². The van der Waals surface area contributed by atoms with Crippen molar-refractivity contribution >= 4 is 45.0 Å². The van der Waals surface area contributed by atoms with E-state index in [1.165, 1.54) is 11.3 Å². The van der Waals surface area contributed by atoms with Crippen molar-refractivity contribution in [2.45, 2.75) is 6.92 Å². The molecule has 94 valence electrons. The Morgan fingerprint density at radius 1 is 1.39 bits per heavy atom. The fourth-order valence-electron chi connectivity index (χ4n) is 1.18. The molecule has 5 nitrogen and oxygen atoms in total. The first-order chi connectivity index (χ1) is 8.63. The Morgan fingerprint density at radius 2 is 2.11 bits per heavy atom. The smallest absolute Gasteiger partial charge is 0.264 e. The fraction of sp³-hybridized carbons (Fsp3) is 0.182. The molecule has 7 heteroatoms. The summed E-state index contributed by atoms with van der Waals surface area (Å²) in [5.74, 6) is 0.420. The van der Waals surface area contributed by atoms with Gasteiger partial charge in [-0.2, -0.15) is 0 Å². The zero-order valence-corrected chi connectivity index (χ0v) is 12.5. The number of rotatable bonds is 4. The Kier molecular flexibility index (Phi) is 4.48. The lowest BCUT2D eigenvalue weighted by molar-refractivity contribution is -0.118. The third kappa shape index (κ3) is 3.91. The molecule has 0 bridgehead atoms. The van der Waals surface area contributed by atoms with Crippen LogP contribution < -0.4 is 10.1 Å². The second-order valence-corrected chi connectivity index (χ2v) is 5.84. The first-order valence-corrected chi connectivity index (χ1v) is 7.01. The Hall–Kier alpha value is -1.22. The lowest BCUT2D eigenvalue weighted by Gasteiger charge is -2.05. The standard InChI is InChI=1S/C11H10IN3O2S/c1-7-14-15-11(18-7)13-10(16)6-17-9-4-2-8(12)3-5-9/h2-5H,6H2,1H3,(H,13,15,16). The molecule has 1 heterocycles. The molecule has 0 unspecified atom stereocenters. The van der Waals surface area contributed by atoms with E-state index in [-0.39, 0.29) is 12.5 Å². The largest absolute Gasteiger partial charge is 0.484 e. The predicted molar refractivity (Wildman–Crippen MR) is 77.9 cm³/mol.